The van der Waals surface area contributed by atoms with Crippen LogP contribution in [-0.4, -0.2) is 17.7 Å². The molecular weight excluding hydrogens is 228 g/mol. The first-order valence-corrected chi connectivity index (χ1v) is 5.38. The molecule has 86 valence electrons. The molecule has 0 fully saturated rings. The Bertz CT molecular complexity index is 393. The molecule has 0 bridgehead atoms. The monoisotopic (exact) mass is 240 g/mol. The Labute approximate surface area is 98.8 Å². The van der Waals surface area contributed by atoms with Crippen molar-refractivity contribution in [3.63, 3.8) is 0 Å². The fourth-order valence-corrected chi connectivity index (χ4v) is 1.38. The Morgan fingerprint density at radius 1 is 1.38 bits per heavy atom. The van der Waals surface area contributed by atoms with E-state index in [-0.39, 0.29) is 12.3 Å². The van der Waals surface area contributed by atoms with Crippen molar-refractivity contribution in [1.82, 2.24) is 5.32 Å². The van der Waals surface area contributed by atoms with Gasteiger partial charge in [0.1, 0.15) is 0 Å². The first-order valence-electron chi connectivity index (χ1n) is 4.85. The molecule has 1 aromatic carbocycles. The van der Waals surface area contributed by atoms with Crippen molar-refractivity contribution in [1.29, 1.82) is 0 Å². The smallest absolute Gasteiger partial charge is 0.248 e. The van der Waals surface area contributed by atoms with Crippen LogP contribution in [0.2, 0.25) is 0 Å². The molecule has 0 spiro atoms. The fourth-order valence-electron chi connectivity index (χ4n) is 1.21. The van der Waals surface area contributed by atoms with Crippen LogP contribution in [0.25, 0.3) is 0 Å². The molecule has 1 aromatic rings. The first kappa shape index (κ1) is 12.5. The molecule has 1 rings (SSSR count). The number of carbonyl (C=O) groups is 2. The van der Waals surface area contributed by atoms with Gasteiger partial charge in [0.15, 0.2) is 0 Å². The number of hydrogen-bond donors (Lipinski definition) is 2. The highest BCUT2D eigenvalue weighted by atomic mass is 35.5. The van der Waals surface area contributed by atoms with E-state index in [0.717, 1.165) is 5.56 Å². The lowest BCUT2D eigenvalue weighted by Gasteiger charge is -2.05. The van der Waals surface area contributed by atoms with Crippen LogP contribution in [0.4, 0.5) is 0 Å². The zero-order valence-corrected chi connectivity index (χ0v) is 9.46. The Kier molecular flexibility index (Phi) is 4.79. The first-order chi connectivity index (χ1) is 7.63. The summed E-state index contributed by atoms with van der Waals surface area (Å²) in [5.41, 5.74) is 6.41. The number of amides is 2. The lowest BCUT2D eigenvalue weighted by Crippen LogP contribution is -2.23. The van der Waals surface area contributed by atoms with Crippen LogP contribution in [0.1, 0.15) is 22.3 Å². The van der Waals surface area contributed by atoms with Crippen molar-refractivity contribution in [2.45, 2.75) is 13.0 Å². The molecule has 0 saturated heterocycles. The molecule has 16 heavy (non-hydrogen) atoms. The summed E-state index contributed by atoms with van der Waals surface area (Å²) in [6.07, 6.45) is 0.289. The number of alkyl halides is 1. The molecule has 2 amide bonds. The molecule has 3 N–H and O–H groups in total. The Hall–Kier alpha value is -1.55. The largest absolute Gasteiger partial charge is 0.366 e. The van der Waals surface area contributed by atoms with Gasteiger partial charge in [0, 0.05) is 24.4 Å². The second-order valence-electron chi connectivity index (χ2n) is 3.28. The molecule has 0 unspecified atom stereocenters. The minimum atomic E-state index is -0.478. The summed E-state index contributed by atoms with van der Waals surface area (Å²) in [5.74, 6) is -0.291. The normalized spacial score (nSPS) is 9.81. The van der Waals surface area contributed by atoms with Crippen molar-refractivity contribution in [3.8, 4) is 0 Å². The van der Waals surface area contributed by atoms with E-state index < -0.39 is 5.91 Å². The van der Waals surface area contributed by atoms with Crippen molar-refractivity contribution in [3.05, 3.63) is 35.4 Å². The van der Waals surface area contributed by atoms with Crippen molar-refractivity contribution in [2.24, 2.45) is 5.73 Å². The minimum absolute atomic E-state index is 0.112. The van der Waals surface area contributed by atoms with E-state index in [4.69, 9.17) is 17.3 Å². The van der Waals surface area contributed by atoms with Crippen molar-refractivity contribution >= 4 is 23.4 Å². The SMILES string of the molecule is NC(=O)c1cccc(CNC(=O)CCCl)c1. The predicted octanol–water partition coefficient (Wildman–Crippen LogP) is 1.03. The van der Waals surface area contributed by atoms with Gasteiger partial charge >= 0.3 is 0 Å². The number of primary amides is 1. The maximum atomic E-state index is 11.1. The summed E-state index contributed by atoms with van der Waals surface area (Å²) in [4.78, 5) is 22.1. The summed E-state index contributed by atoms with van der Waals surface area (Å²) in [5, 5.41) is 2.69. The highest BCUT2D eigenvalue weighted by Crippen LogP contribution is 2.04. The van der Waals surface area contributed by atoms with Gasteiger partial charge < -0.3 is 11.1 Å². The second-order valence-corrected chi connectivity index (χ2v) is 3.66. The van der Waals surface area contributed by atoms with Crippen LogP contribution < -0.4 is 11.1 Å². The number of nitrogens with two attached hydrogens (primary N) is 1. The molecule has 0 aliphatic heterocycles. The van der Waals surface area contributed by atoms with E-state index in [0.29, 0.717) is 18.0 Å². The number of nitrogens with one attached hydrogen (secondary N) is 1. The molecule has 5 heteroatoms. The molecule has 0 aliphatic rings. The quantitative estimate of drug-likeness (QED) is 0.755. The maximum absolute atomic E-state index is 11.1. The summed E-state index contributed by atoms with van der Waals surface area (Å²) in [6, 6.07) is 6.83. The van der Waals surface area contributed by atoms with E-state index >= 15 is 0 Å². The van der Waals surface area contributed by atoms with Gasteiger partial charge in [-0.05, 0) is 17.7 Å². The molecule has 0 radical (unpaired) electrons. The molecular formula is C11H13ClN2O2. The number of benzene rings is 1. The third-order valence-corrected chi connectivity index (χ3v) is 2.21. The molecule has 0 atom stereocenters. The van der Waals surface area contributed by atoms with Gasteiger partial charge in [-0.1, -0.05) is 12.1 Å². The van der Waals surface area contributed by atoms with Crippen molar-refractivity contribution in [2.75, 3.05) is 5.88 Å². The summed E-state index contributed by atoms with van der Waals surface area (Å²) in [7, 11) is 0. The third kappa shape index (κ3) is 3.90. The van der Waals surface area contributed by atoms with Crippen molar-refractivity contribution < 1.29 is 9.59 Å². The zero-order chi connectivity index (χ0) is 12.0. The second kappa shape index (κ2) is 6.12. The van der Waals surface area contributed by atoms with Gasteiger partial charge in [-0.15, -0.1) is 11.6 Å². The number of rotatable bonds is 5. The minimum Gasteiger partial charge on any atom is -0.366 e. The Morgan fingerprint density at radius 2 is 2.12 bits per heavy atom. The molecule has 0 saturated carbocycles. The van der Waals surface area contributed by atoms with Crippen LogP contribution in [0.5, 0.6) is 0 Å². The van der Waals surface area contributed by atoms with Gasteiger partial charge in [0.05, 0.1) is 0 Å². The van der Waals surface area contributed by atoms with Crippen LogP contribution in [-0.2, 0) is 11.3 Å². The van der Waals surface area contributed by atoms with Crippen LogP contribution in [0, 0.1) is 0 Å². The van der Waals surface area contributed by atoms with Gasteiger partial charge in [0.25, 0.3) is 0 Å². The zero-order valence-electron chi connectivity index (χ0n) is 8.70. The van der Waals surface area contributed by atoms with Gasteiger partial charge in [-0.2, -0.15) is 0 Å². The van der Waals surface area contributed by atoms with Crippen LogP contribution >= 0.6 is 11.6 Å². The van der Waals surface area contributed by atoms with Crippen LogP contribution in [0.15, 0.2) is 24.3 Å². The average molecular weight is 241 g/mol. The van der Waals surface area contributed by atoms with Gasteiger partial charge in [-0.3, -0.25) is 9.59 Å². The van der Waals surface area contributed by atoms with E-state index in [1.807, 2.05) is 6.07 Å². The average Bonchev–Trinajstić information content (AvgIpc) is 2.27. The van der Waals surface area contributed by atoms with E-state index in [1.165, 1.54) is 0 Å². The fraction of sp³-hybridized carbons (Fsp3) is 0.273. The third-order valence-electron chi connectivity index (χ3n) is 2.02. The maximum Gasteiger partial charge on any atom is 0.248 e. The highest BCUT2D eigenvalue weighted by Gasteiger charge is 2.03. The van der Waals surface area contributed by atoms with Gasteiger partial charge in [-0.25, -0.2) is 0 Å². The molecule has 0 heterocycles. The topological polar surface area (TPSA) is 72.2 Å². The van der Waals surface area contributed by atoms with E-state index in [1.54, 1.807) is 18.2 Å². The molecule has 0 aliphatic carbocycles. The van der Waals surface area contributed by atoms with Gasteiger partial charge in [0.2, 0.25) is 11.8 Å². The standard InChI is InChI=1S/C11H13ClN2O2/c12-5-4-10(15)14-7-8-2-1-3-9(6-8)11(13)16/h1-3,6H,4-5,7H2,(H2,13,16)(H,14,15). The van der Waals surface area contributed by atoms with Crippen LogP contribution in [0.3, 0.4) is 0 Å². The lowest BCUT2D eigenvalue weighted by atomic mass is 10.1. The number of carbonyl (C=O) groups excluding carboxylic acids is 2. The summed E-state index contributed by atoms with van der Waals surface area (Å²) in [6.45, 7) is 0.372. The Balaban J connectivity index is 2.57. The van der Waals surface area contributed by atoms with E-state index in [9.17, 15) is 9.59 Å². The highest BCUT2D eigenvalue weighted by molar-refractivity contribution is 6.18. The number of hydrogen-bond acceptors (Lipinski definition) is 2. The summed E-state index contributed by atoms with van der Waals surface area (Å²) < 4.78 is 0. The Morgan fingerprint density at radius 3 is 2.75 bits per heavy atom. The predicted molar refractivity (Wildman–Crippen MR) is 62.1 cm³/mol. The molecule has 4 nitrogen and oxygen atoms in total. The summed E-state index contributed by atoms with van der Waals surface area (Å²) >= 11 is 5.42. The lowest BCUT2D eigenvalue weighted by molar-refractivity contribution is -0.120. The molecule has 0 aromatic heterocycles. The van der Waals surface area contributed by atoms with E-state index in [2.05, 4.69) is 5.32 Å². The number of halogens is 1.